The average Bonchev–Trinajstić information content (AvgIpc) is 2.49. The number of nitrogens with two attached hydrogens (primary N) is 1. The largest absolute Gasteiger partial charge is 0.383 e. The van der Waals surface area contributed by atoms with E-state index in [4.69, 9.17) is 17.3 Å². The summed E-state index contributed by atoms with van der Waals surface area (Å²) in [6, 6.07) is 5.47. The molecule has 3 N–H and O–H groups in total. The highest BCUT2D eigenvalue weighted by molar-refractivity contribution is 6.31. The van der Waals surface area contributed by atoms with Crippen LogP contribution in [-0.4, -0.2) is 25.5 Å². The van der Waals surface area contributed by atoms with Crippen LogP contribution in [0.15, 0.2) is 18.2 Å². The summed E-state index contributed by atoms with van der Waals surface area (Å²) in [6.45, 7) is 1.56. The minimum atomic E-state index is -0.0627. The van der Waals surface area contributed by atoms with E-state index in [-0.39, 0.29) is 12.5 Å². The van der Waals surface area contributed by atoms with E-state index in [1.54, 1.807) is 11.0 Å². The van der Waals surface area contributed by atoms with Crippen molar-refractivity contribution in [1.82, 2.24) is 0 Å². The lowest BCUT2D eigenvalue weighted by Gasteiger charge is -2.21. The third kappa shape index (κ3) is 2.13. The summed E-state index contributed by atoms with van der Waals surface area (Å²) in [5.41, 5.74) is 7.16. The summed E-state index contributed by atoms with van der Waals surface area (Å²) in [5.74, 6) is -0.0627. The van der Waals surface area contributed by atoms with Crippen LogP contribution in [0.1, 0.15) is 6.42 Å². The fourth-order valence-corrected chi connectivity index (χ4v) is 2.01. The molecule has 5 heteroatoms. The van der Waals surface area contributed by atoms with Gasteiger partial charge in [0.25, 0.3) is 0 Å². The van der Waals surface area contributed by atoms with E-state index in [9.17, 15) is 4.79 Å². The Bertz CT molecular complexity index is 408. The molecular weight excluding hydrogens is 226 g/mol. The smallest absolute Gasteiger partial charge is 0.240 e. The first-order valence-electron chi connectivity index (χ1n) is 5.26. The molecule has 86 valence electrons. The van der Waals surface area contributed by atoms with Gasteiger partial charge in [0.1, 0.15) is 0 Å². The molecule has 0 aliphatic carbocycles. The van der Waals surface area contributed by atoms with Gasteiger partial charge in [0, 0.05) is 18.1 Å². The number of nitrogens with one attached hydrogen (secondary N) is 1. The first kappa shape index (κ1) is 11.2. The molecule has 4 nitrogen and oxygen atoms in total. The predicted molar refractivity (Wildman–Crippen MR) is 66.0 cm³/mol. The van der Waals surface area contributed by atoms with Gasteiger partial charge in [-0.15, -0.1) is 0 Å². The Kier molecular flexibility index (Phi) is 3.31. The minimum Gasteiger partial charge on any atom is -0.383 e. The van der Waals surface area contributed by atoms with E-state index < -0.39 is 0 Å². The second-order valence-electron chi connectivity index (χ2n) is 3.69. The zero-order chi connectivity index (χ0) is 11.5. The molecule has 0 unspecified atom stereocenters. The number of hydrogen-bond donors (Lipinski definition) is 2. The molecule has 0 aromatic heterocycles. The number of fused-ring (bicyclic) bond motifs is 1. The molecule has 0 fully saturated rings. The lowest BCUT2D eigenvalue weighted by Crippen LogP contribution is -2.36. The number of rotatable bonds is 1. The van der Waals surface area contributed by atoms with Crippen LogP contribution in [-0.2, 0) is 4.79 Å². The fraction of sp³-hybridized carbons (Fsp3) is 0.364. The topological polar surface area (TPSA) is 58.4 Å². The second kappa shape index (κ2) is 4.72. The van der Waals surface area contributed by atoms with E-state index in [1.165, 1.54) is 0 Å². The Morgan fingerprint density at radius 2 is 2.38 bits per heavy atom. The van der Waals surface area contributed by atoms with E-state index >= 15 is 0 Å². The molecule has 0 atom stereocenters. The molecule has 1 amide bonds. The number of carbonyl (C=O) groups is 1. The molecule has 1 aliphatic rings. The van der Waals surface area contributed by atoms with Crippen molar-refractivity contribution in [3.63, 3.8) is 0 Å². The van der Waals surface area contributed by atoms with E-state index in [0.29, 0.717) is 11.6 Å². The van der Waals surface area contributed by atoms with Gasteiger partial charge in [-0.25, -0.2) is 0 Å². The van der Waals surface area contributed by atoms with E-state index in [1.807, 2.05) is 12.1 Å². The van der Waals surface area contributed by atoms with Crippen LogP contribution in [0.5, 0.6) is 0 Å². The first-order valence-corrected chi connectivity index (χ1v) is 5.64. The summed E-state index contributed by atoms with van der Waals surface area (Å²) >= 11 is 5.92. The second-order valence-corrected chi connectivity index (χ2v) is 4.13. The number of nitrogens with zero attached hydrogens (tertiary/aromatic N) is 1. The van der Waals surface area contributed by atoms with Crippen molar-refractivity contribution in [3.05, 3.63) is 23.2 Å². The Morgan fingerprint density at radius 1 is 1.56 bits per heavy atom. The van der Waals surface area contributed by atoms with Gasteiger partial charge in [-0.3, -0.25) is 4.79 Å². The summed E-state index contributed by atoms with van der Waals surface area (Å²) in [6.07, 6.45) is 0.901. The summed E-state index contributed by atoms with van der Waals surface area (Å²) in [7, 11) is 0. The molecule has 1 aromatic rings. The van der Waals surface area contributed by atoms with Crippen molar-refractivity contribution < 1.29 is 4.79 Å². The SMILES string of the molecule is NCC(=O)N1CCCNc2cc(Cl)ccc21. The van der Waals surface area contributed by atoms with Crippen LogP contribution in [0.2, 0.25) is 5.02 Å². The Hall–Kier alpha value is -1.26. The number of benzene rings is 1. The van der Waals surface area contributed by atoms with Crippen molar-refractivity contribution in [1.29, 1.82) is 0 Å². The molecular formula is C11H14ClN3O. The van der Waals surface area contributed by atoms with Crippen LogP contribution in [0.25, 0.3) is 0 Å². The Balaban J connectivity index is 2.40. The molecule has 0 bridgehead atoms. The number of halogens is 1. The third-order valence-electron chi connectivity index (χ3n) is 2.60. The molecule has 1 heterocycles. The number of anilines is 2. The van der Waals surface area contributed by atoms with Gasteiger partial charge < -0.3 is 16.0 Å². The molecule has 1 aliphatic heterocycles. The van der Waals surface area contributed by atoms with E-state index in [2.05, 4.69) is 5.32 Å². The van der Waals surface area contributed by atoms with Crippen molar-refractivity contribution in [3.8, 4) is 0 Å². The quantitative estimate of drug-likeness (QED) is 0.780. The number of amides is 1. The maximum Gasteiger partial charge on any atom is 0.240 e. The van der Waals surface area contributed by atoms with Crippen LogP contribution in [0.3, 0.4) is 0 Å². The van der Waals surface area contributed by atoms with Gasteiger partial charge in [0.15, 0.2) is 0 Å². The summed E-state index contributed by atoms with van der Waals surface area (Å²) in [4.78, 5) is 13.4. The van der Waals surface area contributed by atoms with Crippen LogP contribution in [0.4, 0.5) is 11.4 Å². The first-order chi connectivity index (χ1) is 7.72. The highest BCUT2D eigenvalue weighted by atomic mass is 35.5. The van der Waals surface area contributed by atoms with Gasteiger partial charge in [0.2, 0.25) is 5.91 Å². The average molecular weight is 240 g/mol. The molecule has 0 spiro atoms. The molecule has 16 heavy (non-hydrogen) atoms. The Morgan fingerprint density at radius 3 is 3.12 bits per heavy atom. The van der Waals surface area contributed by atoms with E-state index in [0.717, 1.165) is 24.3 Å². The summed E-state index contributed by atoms with van der Waals surface area (Å²) in [5, 5.41) is 3.92. The predicted octanol–water partition coefficient (Wildman–Crippen LogP) is 1.45. The van der Waals surface area contributed by atoms with Gasteiger partial charge in [0.05, 0.1) is 17.9 Å². The number of hydrogen-bond acceptors (Lipinski definition) is 3. The molecule has 2 rings (SSSR count). The third-order valence-corrected chi connectivity index (χ3v) is 2.83. The van der Waals surface area contributed by atoms with Crippen LogP contribution in [0, 0.1) is 0 Å². The van der Waals surface area contributed by atoms with Gasteiger partial charge in [-0.2, -0.15) is 0 Å². The van der Waals surface area contributed by atoms with Crippen LogP contribution < -0.4 is 16.0 Å². The van der Waals surface area contributed by atoms with Gasteiger partial charge in [-0.1, -0.05) is 11.6 Å². The monoisotopic (exact) mass is 239 g/mol. The molecule has 0 saturated carbocycles. The maximum absolute atomic E-state index is 11.7. The van der Waals surface area contributed by atoms with Crippen LogP contribution >= 0.6 is 11.6 Å². The number of carbonyl (C=O) groups excluding carboxylic acids is 1. The highest BCUT2D eigenvalue weighted by Crippen LogP contribution is 2.31. The van der Waals surface area contributed by atoms with Crippen molar-refractivity contribution in [2.75, 3.05) is 29.9 Å². The normalized spacial score (nSPS) is 15.0. The lowest BCUT2D eigenvalue weighted by molar-refractivity contribution is -0.117. The Labute approximate surface area is 99.4 Å². The lowest BCUT2D eigenvalue weighted by atomic mass is 10.2. The van der Waals surface area contributed by atoms with Crippen molar-refractivity contribution >= 4 is 28.9 Å². The molecule has 0 saturated heterocycles. The zero-order valence-electron chi connectivity index (χ0n) is 8.87. The standard InChI is InChI=1S/C11H14ClN3O/c12-8-2-3-10-9(6-8)14-4-1-5-15(10)11(16)7-13/h2-3,6,14H,1,4-5,7,13H2. The van der Waals surface area contributed by atoms with Crippen molar-refractivity contribution in [2.45, 2.75) is 6.42 Å². The zero-order valence-corrected chi connectivity index (χ0v) is 9.63. The van der Waals surface area contributed by atoms with Crippen molar-refractivity contribution in [2.24, 2.45) is 5.73 Å². The molecule has 0 radical (unpaired) electrons. The minimum absolute atomic E-state index is 0.0298. The fourth-order valence-electron chi connectivity index (χ4n) is 1.84. The highest BCUT2D eigenvalue weighted by Gasteiger charge is 2.19. The molecule has 1 aromatic carbocycles. The maximum atomic E-state index is 11.7. The summed E-state index contributed by atoms with van der Waals surface area (Å²) < 4.78 is 0. The van der Waals surface area contributed by atoms with Gasteiger partial charge >= 0.3 is 0 Å². The van der Waals surface area contributed by atoms with Gasteiger partial charge in [-0.05, 0) is 24.6 Å².